The van der Waals surface area contributed by atoms with Crippen LogP contribution < -0.4 is 9.47 Å². The number of methoxy groups -OCH3 is 1. The van der Waals surface area contributed by atoms with Crippen molar-refractivity contribution in [2.24, 2.45) is 0 Å². The molecule has 0 aliphatic rings. The molecule has 1 rings (SSSR count). The van der Waals surface area contributed by atoms with E-state index in [4.69, 9.17) is 4.74 Å². The van der Waals surface area contributed by atoms with Gasteiger partial charge < -0.3 is 14.6 Å². The first kappa shape index (κ1) is 13.6. The summed E-state index contributed by atoms with van der Waals surface area (Å²) >= 11 is 0. The molecule has 96 valence electrons. The highest BCUT2D eigenvalue weighted by Crippen LogP contribution is 2.30. The Hall–Kier alpha value is -1.43. The van der Waals surface area contributed by atoms with Crippen molar-refractivity contribution in [1.82, 2.24) is 0 Å². The van der Waals surface area contributed by atoms with E-state index in [9.17, 15) is 18.3 Å². The van der Waals surface area contributed by atoms with Gasteiger partial charge in [-0.15, -0.1) is 0 Å². The summed E-state index contributed by atoms with van der Waals surface area (Å²) < 4.78 is 45.6. The molecule has 1 atom stereocenters. The second-order valence-corrected chi connectivity index (χ2v) is 3.48. The van der Waals surface area contributed by atoms with Crippen LogP contribution in [-0.4, -0.2) is 25.0 Å². The van der Waals surface area contributed by atoms with Gasteiger partial charge in [-0.3, -0.25) is 0 Å². The maximum Gasteiger partial charge on any atom is 0.422 e. The molecule has 0 aliphatic carbocycles. The maximum absolute atomic E-state index is 12.0. The van der Waals surface area contributed by atoms with Gasteiger partial charge >= 0.3 is 6.18 Å². The lowest BCUT2D eigenvalue weighted by Gasteiger charge is -2.15. The fraction of sp³-hybridized carbons (Fsp3) is 0.455. The fourth-order valence-electron chi connectivity index (χ4n) is 1.27. The molecule has 0 amide bonds. The van der Waals surface area contributed by atoms with Crippen LogP contribution in [0, 0.1) is 0 Å². The van der Waals surface area contributed by atoms with Crippen LogP contribution in [0.3, 0.4) is 0 Å². The summed E-state index contributed by atoms with van der Waals surface area (Å²) in [6.45, 7) is 0.0438. The standard InChI is InChI=1S/C11H13F3O3/c1-7(15)9-4-3-8(16-2)5-10(9)17-6-11(12,13)14/h3-5,7,15H,6H2,1-2H3. The van der Waals surface area contributed by atoms with Crippen molar-refractivity contribution >= 4 is 0 Å². The minimum Gasteiger partial charge on any atom is -0.497 e. The lowest BCUT2D eigenvalue weighted by Crippen LogP contribution is -2.20. The van der Waals surface area contributed by atoms with Crippen molar-refractivity contribution in [1.29, 1.82) is 0 Å². The average Bonchev–Trinajstić information content (AvgIpc) is 2.24. The average molecular weight is 250 g/mol. The Bertz CT molecular complexity index is 375. The summed E-state index contributed by atoms with van der Waals surface area (Å²) in [4.78, 5) is 0. The molecule has 0 saturated heterocycles. The molecule has 1 aromatic carbocycles. The number of alkyl halides is 3. The first-order valence-corrected chi connectivity index (χ1v) is 4.89. The van der Waals surface area contributed by atoms with Crippen LogP contribution in [0.2, 0.25) is 0 Å². The lowest BCUT2D eigenvalue weighted by molar-refractivity contribution is -0.153. The number of halogens is 3. The summed E-state index contributed by atoms with van der Waals surface area (Å²) in [5.41, 5.74) is 0.287. The number of aliphatic hydroxyl groups excluding tert-OH is 1. The van der Waals surface area contributed by atoms with Crippen LogP contribution in [0.4, 0.5) is 13.2 Å². The number of aliphatic hydroxyl groups is 1. The molecule has 0 heterocycles. The van der Waals surface area contributed by atoms with Crippen LogP contribution in [0.1, 0.15) is 18.6 Å². The molecular weight excluding hydrogens is 237 g/mol. The second kappa shape index (κ2) is 5.27. The molecule has 0 aliphatic heterocycles. The van der Waals surface area contributed by atoms with Gasteiger partial charge in [0.15, 0.2) is 6.61 Å². The number of ether oxygens (including phenoxy) is 2. The Morgan fingerprint density at radius 2 is 2.00 bits per heavy atom. The Kier molecular flexibility index (Phi) is 4.22. The quantitative estimate of drug-likeness (QED) is 0.892. The molecule has 3 nitrogen and oxygen atoms in total. The van der Waals surface area contributed by atoms with E-state index < -0.39 is 18.9 Å². The molecule has 1 unspecified atom stereocenters. The van der Waals surface area contributed by atoms with Crippen molar-refractivity contribution < 1.29 is 27.8 Å². The van der Waals surface area contributed by atoms with E-state index in [0.717, 1.165) is 0 Å². The number of hydrogen-bond donors (Lipinski definition) is 1. The predicted molar refractivity (Wildman–Crippen MR) is 55.2 cm³/mol. The molecule has 0 saturated carbocycles. The summed E-state index contributed by atoms with van der Waals surface area (Å²) in [5, 5.41) is 9.40. The fourth-order valence-corrected chi connectivity index (χ4v) is 1.27. The zero-order valence-electron chi connectivity index (χ0n) is 9.41. The van der Waals surface area contributed by atoms with Gasteiger partial charge in [0.25, 0.3) is 0 Å². The van der Waals surface area contributed by atoms with Gasteiger partial charge in [0.1, 0.15) is 11.5 Å². The zero-order valence-corrected chi connectivity index (χ0v) is 9.41. The van der Waals surface area contributed by atoms with Crippen LogP contribution >= 0.6 is 0 Å². The molecule has 1 N–H and O–H groups in total. The van der Waals surface area contributed by atoms with Gasteiger partial charge in [-0.1, -0.05) is 0 Å². The number of hydrogen-bond acceptors (Lipinski definition) is 3. The van der Waals surface area contributed by atoms with Crippen molar-refractivity contribution in [3.63, 3.8) is 0 Å². The third-order valence-electron chi connectivity index (χ3n) is 2.06. The van der Waals surface area contributed by atoms with E-state index >= 15 is 0 Å². The van der Waals surface area contributed by atoms with Crippen LogP contribution in [0.25, 0.3) is 0 Å². The van der Waals surface area contributed by atoms with E-state index in [-0.39, 0.29) is 11.3 Å². The molecule has 0 aromatic heterocycles. The van der Waals surface area contributed by atoms with E-state index in [1.165, 1.54) is 26.2 Å². The Morgan fingerprint density at radius 1 is 1.35 bits per heavy atom. The molecule has 0 fully saturated rings. The van der Waals surface area contributed by atoms with Gasteiger partial charge in [-0.05, 0) is 19.1 Å². The molecule has 0 bridgehead atoms. The highest BCUT2D eigenvalue weighted by molar-refractivity contribution is 5.41. The highest BCUT2D eigenvalue weighted by atomic mass is 19.4. The van der Waals surface area contributed by atoms with Crippen molar-refractivity contribution in [3.8, 4) is 11.5 Å². The smallest absolute Gasteiger partial charge is 0.422 e. The van der Waals surface area contributed by atoms with Gasteiger partial charge in [-0.25, -0.2) is 0 Å². The van der Waals surface area contributed by atoms with Gasteiger partial charge in [0, 0.05) is 11.6 Å². The van der Waals surface area contributed by atoms with Gasteiger partial charge in [0.05, 0.1) is 13.2 Å². The zero-order chi connectivity index (χ0) is 13.1. The van der Waals surface area contributed by atoms with E-state index in [2.05, 4.69) is 4.74 Å². The minimum atomic E-state index is -4.42. The summed E-state index contributed by atoms with van der Waals surface area (Å²) in [6.07, 6.45) is -5.33. The number of benzene rings is 1. The van der Waals surface area contributed by atoms with Crippen molar-refractivity contribution in [3.05, 3.63) is 23.8 Å². The van der Waals surface area contributed by atoms with Gasteiger partial charge in [0.2, 0.25) is 0 Å². The van der Waals surface area contributed by atoms with Crippen molar-refractivity contribution in [2.45, 2.75) is 19.2 Å². The molecule has 6 heteroatoms. The first-order valence-electron chi connectivity index (χ1n) is 4.89. The molecule has 0 radical (unpaired) electrons. The second-order valence-electron chi connectivity index (χ2n) is 3.48. The molecule has 17 heavy (non-hydrogen) atoms. The third kappa shape index (κ3) is 4.14. The molecule has 0 spiro atoms. The summed E-state index contributed by atoms with van der Waals surface area (Å²) in [6, 6.07) is 4.32. The summed E-state index contributed by atoms with van der Waals surface area (Å²) in [5.74, 6) is 0.336. The van der Waals surface area contributed by atoms with Crippen molar-refractivity contribution in [2.75, 3.05) is 13.7 Å². The van der Waals surface area contributed by atoms with E-state index in [0.29, 0.717) is 5.75 Å². The predicted octanol–water partition coefficient (Wildman–Crippen LogP) is 2.69. The summed E-state index contributed by atoms with van der Waals surface area (Å²) in [7, 11) is 1.39. The van der Waals surface area contributed by atoms with Crippen LogP contribution in [0.5, 0.6) is 11.5 Å². The Morgan fingerprint density at radius 3 is 2.47 bits per heavy atom. The topological polar surface area (TPSA) is 38.7 Å². The van der Waals surface area contributed by atoms with Crippen LogP contribution in [0.15, 0.2) is 18.2 Å². The van der Waals surface area contributed by atoms with Gasteiger partial charge in [-0.2, -0.15) is 13.2 Å². The SMILES string of the molecule is COc1ccc(C(C)O)c(OCC(F)(F)F)c1. The Balaban J connectivity index is 2.93. The first-order chi connectivity index (χ1) is 7.83. The number of rotatable bonds is 4. The molecule has 1 aromatic rings. The lowest BCUT2D eigenvalue weighted by atomic mass is 10.1. The third-order valence-corrected chi connectivity index (χ3v) is 2.06. The highest BCUT2D eigenvalue weighted by Gasteiger charge is 2.29. The largest absolute Gasteiger partial charge is 0.497 e. The minimum absolute atomic E-state index is 0.0309. The van der Waals surface area contributed by atoms with E-state index in [1.54, 1.807) is 6.07 Å². The Labute approximate surface area is 96.8 Å². The normalized spacial score (nSPS) is 13.3. The monoisotopic (exact) mass is 250 g/mol. The molecular formula is C11H13F3O3. The van der Waals surface area contributed by atoms with Crippen LogP contribution in [-0.2, 0) is 0 Å². The van der Waals surface area contributed by atoms with E-state index in [1.807, 2.05) is 0 Å². The maximum atomic E-state index is 12.0.